The SMILES string of the molecule is COc1ccc(-c2sc(NC(=O)C3CCCC3)nc2C)cc1S(=O)Nc1cccc(F)c1. The van der Waals surface area contributed by atoms with Crippen molar-refractivity contribution >= 4 is 39.0 Å². The maximum Gasteiger partial charge on any atom is 0.229 e. The molecule has 0 radical (unpaired) electrons. The molecule has 1 heterocycles. The molecule has 3 aromatic rings. The topological polar surface area (TPSA) is 80.3 Å². The van der Waals surface area contributed by atoms with Gasteiger partial charge in [-0.2, -0.15) is 0 Å². The van der Waals surface area contributed by atoms with E-state index in [1.807, 2.05) is 13.0 Å². The van der Waals surface area contributed by atoms with Crippen LogP contribution in [0.25, 0.3) is 10.4 Å². The molecule has 1 aromatic heterocycles. The first kappa shape index (κ1) is 22.4. The van der Waals surface area contributed by atoms with Crippen LogP contribution in [0.3, 0.4) is 0 Å². The lowest BCUT2D eigenvalue weighted by atomic mass is 10.1. The zero-order chi connectivity index (χ0) is 22.7. The Kier molecular flexibility index (Phi) is 6.86. The van der Waals surface area contributed by atoms with E-state index in [1.165, 1.54) is 30.6 Å². The average molecular weight is 474 g/mol. The number of halogens is 1. The van der Waals surface area contributed by atoms with E-state index in [1.54, 1.807) is 24.3 Å². The number of hydrogen-bond acceptors (Lipinski definition) is 5. The van der Waals surface area contributed by atoms with Gasteiger partial charge in [0.25, 0.3) is 0 Å². The predicted molar refractivity (Wildman–Crippen MR) is 126 cm³/mol. The van der Waals surface area contributed by atoms with Crippen LogP contribution in [0.2, 0.25) is 0 Å². The summed E-state index contributed by atoms with van der Waals surface area (Å²) in [5.41, 5.74) is 1.99. The van der Waals surface area contributed by atoms with Gasteiger partial charge in [-0.3, -0.25) is 4.79 Å². The van der Waals surface area contributed by atoms with Crippen LogP contribution < -0.4 is 14.8 Å². The first-order chi connectivity index (χ1) is 15.4. The molecule has 0 bridgehead atoms. The van der Waals surface area contributed by atoms with Gasteiger partial charge in [0.1, 0.15) is 16.5 Å². The molecule has 4 rings (SSSR count). The number of nitrogens with one attached hydrogen (secondary N) is 2. The van der Waals surface area contributed by atoms with Gasteiger partial charge >= 0.3 is 0 Å². The molecule has 1 aliphatic rings. The molecule has 1 aliphatic carbocycles. The highest BCUT2D eigenvalue weighted by Crippen LogP contribution is 2.37. The van der Waals surface area contributed by atoms with Crippen molar-refractivity contribution in [2.75, 3.05) is 17.1 Å². The molecular weight excluding hydrogens is 449 g/mol. The predicted octanol–water partition coefficient (Wildman–Crippen LogP) is 5.53. The minimum atomic E-state index is -1.68. The first-order valence-corrected chi connectivity index (χ1v) is 12.3. The van der Waals surface area contributed by atoms with Crippen molar-refractivity contribution < 1.29 is 18.1 Å². The number of aromatic nitrogens is 1. The fourth-order valence-corrected chi connectivity index (χ4v) is 5.77. The molecule has 1 saturated carbocycles. The van der Waals surface area contributed by atoms with Crippen molar-refractivity contribution in [2.24, 2.45) is 5.92 Å². The lowest BCUT2D eigenvalue weighted by Crippen LogP contribution is -2.20. The Labute approximate surface area is 192 Å². The summed E-state index contributed by atoms with van der Waals surface area (Å²) in [6.45, 7) is 1.88. The van der Waals surface area contributed by atoms with E-state index in [2.05, 4.69) is 15.0 Å². The normalized spacial score (nSPS) is 14.8. The smallest absolute Gasteiger partial charge is 0.229 e. The summed E-state index contributed by atoms with van der Waals surface area (Å²) < 4.78 is 34.7. The molecule has 168 valence electrons. The Morgan fingerprint density at radius 3 is 2.72 bits per heavy atom. The third-order valence-corrected chi connectivity index (χ3v) is 7.67. The zero-order valence-corrected chi connectivity index (χ0v) is 19.4. The number of hydrogen-bond donors (Lipinski definition) is 2. The Hall–Kier alpha value is -2.78. The third-order valence-electron chi connectivity index (χ3n) is 5.41. The maximum atomic E-state index is 13.5. The number of anilines is 2. The van der Waals surface area contributed by atoms with Gasteiger partial charge in [0.05, 0.1) is 17.7 Å². The number of rotatable bonds is 7. The quantitative estimate of drug-likeness (QED) is 0.473. The number of methoxy groups -OCH3 is 1. The van der Waals surface area contributed by atoms with E-state index in [0.29, 0.717) is 21.5 Å². The fourth-order valence-electron chi connectivity index (χ4n) is 3.79. The summed E-state index contributed by atoms with van der Waals surface area (Å²) in [5.74, 6) is 0.123. The second-order valence-corrected chi connectivity index (χ2v) is 9.83. The monoisotopic (exact) mass is 473 g/mol. The van der Waals surface area contributed by atoms with Crippen LogP contribution in [0.15, 0.2) is 47.4 Å². The van der Waals surface area contributed by atoms with Crippen LogP contribution in [0, 0.1) is 18.7 Å². The van der Waals surface area contributed by atoms with Crippen LogP contribution in [0.1, 0.15) is 31.4 Å². The number of amides is 1. The van der Waals surface area contributed by atoms with Gasteiger partial charge in [0.15, 0.2) is 16.1 Å². The lowest BCUT2D eigenvalue weighted by Gasteiger charge is -2.12. The van der Waals surface area contributed by atoms with Crippen molar-refractivity contribution in [1.82, 2.24) is 4.98 Å². The number of aryl methyl sites for hydroxylation is 1. The Bertz CT molecular complexity index is 1160. The first-order valence-electron chi connectivity index (χ1n) is 10.4. The molecule has 2 aromatic carbocycles. The second-order valence-electron chi connectivity index (χ2n) is 7.65. The van der Waals surface area contributed by atoms with Gasteiger partial charge in [-0.05, 0) is 61.7 Å². The van der Waals surface area contributed by atoms with Gasteiger partial charge in [-0.1, -0.05) is 30.2 Å². The maximum absolute atomic E-state index is 13.5. The molecule has 9 heteroatoms. The van der Waals surface area contributed by atoms with Crippen LogP contribution in [-0.2, 0) is 15.8 Å². The molecule has 0 aliphatic heterocycles. The molecule has 1 unspecified atom stereocenters. The van der Waals surface area contributed by atoms with E-state index >= 15 is 0 Å². The molecule has 0 saturated heterocycles. The highest BCUT2D eigenvalue weighted by molar-refractivity contribution is 7.86. The minimum Gasteiger partial charge on any atom is -0.495 e. The van der Waals surface area contributed by atoms with E-state index in [9.17, 15) is 13.4 Å². The van der Waals surface area contributed by atoms with Crippen molar-refractivity contribution in [3.8, 4) is 16.2 Å². The molecule has 1 fully saturated rings. The van der Waals surface area contributed by atoms with E-state index in [-0.39, 0.29) is 11.8 Å². The number of carbonyl (C=O) groups excluding carboxylic acids is 1. The van der Waals surface area contributed by atoms with Crippen LogP contribution in [0.5, 0.6) is 5.75 Å². The number of ether oxygens (including phenoxy) is 1. The number of carbonyl (C=O) groups is 1. The summed E-state index contributed by atoms with van der Waals surface area (Å²) in [7, 11) is -0.170. The summed E-state index contributed by atoms with van der Waals surface area (Å²) >= 11 is 1.39. The Morgan fingerprint density at radius 1 is 1.22 bits per heavy atom. The molecule has 0 spiro atoms. The highest BCUT2D eigenvalue weighted by Gasteiger charge is 2.24. The van der Waals surface area contributed by atoms with Gasteiger partial charge < -0.3 is 14.8 Å². The van der Waals surface area contributed by atoms with E-state index in [0.717, 1.165) is 41.8 Å². The van der Waals surface area contributed by atoms with Crippen molar-refractivity contribution in [1.29, 1.82) is 0 Å². The Balaban J connectivity index is 1.58. The number of benzene rings is 2. The number of thiazole rings is 1. The molecule has 1 amide bonds. The molecule has 32 heavy (non-hydrogen) atoms. The van der Waals surface area contributed by atoms with E-state index in [4.69, 9.17) is 4.74 Å². The third kappa shape index (κ3) is 4.99. The minimum absolute atomic E-state index is 0.0265. The largest absolute Gasteiger partial charge is 0.495 e. The highest BCUT2D eigenvalue weighted by atomic mass is 32.2. The fraction of sp³-hybridized carbons (Fsp3) is 0.304. The lowest BCUT2D eigenvalue weighted by molar-refractivity contribution is -0.119. The Morgan fingerprint density at radius 2 is 2.00 bits per heavy atom. The second kappa shape index (κ2) is 9.79. The zero-order valence-electron chi connectivity index (χ0n) is 17.8. The molecular formula is C23H24FN3O3S2. The van der Waals surface area contributed by atoms with Crippen molar-refractivity contribution in [2.45, 2.75) is 37.5 Å². The van der Waals surface area contributed by atoms with Gasteiger partial charge in [0.2, 0.25) is 5.91 Å². The van der Waals surface area contributed by atoms with Gasteiger partial charge in [-0.25, -0.2) is 13.6 Å². The van der Waals surface area contributed by atoms with E-state index < -0.39 is 16.8 Å². The molecule has 2 N–H and O–H groups in total. The average Bonchev–Trinajstić information content (AvgIpc) is 3.43. The molecule has 6 nitrogen and oxygen atoms in total. The van der Waals surface area contributed by atoms with Crippen LogP contribution >= 0.6 is 11.3 Å². The van der Waals surface area contributed by atoms with Crippen LogP contribution in [-0.4, -0.2) is 22.2 Å². The summed E-state index contributed by atoms with van der Waals surface area (Å²) in [4.78, 5) is 18.3. The summed E-state index contributed by atoms with van der Waals surface area (Å²) in [5, 5.41) is 3.51. The standard InChI is InChI=1S/C23H24FN3O3S2/c1-14-21(31-23(25-14)26-22(28)15-6-3-4-7-15)16-10-11-19(30-2)20(12-16)32(29)27-18-9-5-8-17(24)13-18/h5,8-13,15,27H,3-4,6-7H2,1-2H3,(H,25,26,28). The molecule has 1 atom stereocenters. The van der Waals surface area contributed by atoms with Crippen molar-refractivity contribution in [3.63, 3.8) is 0 Å². The van der Waals surface area contributed by atoms with Crippen molar-refractivity contribution in [3.05, 3.63) is 54.0 Å². The summed E-state index contributed by atoms with van der Waals surface area (Å²) in [6, 6.07) is 11.2. The van der Waals surface area contributed by atoms with Gasteiger partial charge in [-0.15, -0.1) is 0 Å². The van der Waals surface area contributed by atoms with Crippen LogP contribution in [0.4, 0.5) is 15.2 Å². The van der Waals surface area contributed by atoms with Gasteiger partial charge in [0, 0.05) is 11.6 Å². The number of nitrogens with zero attached hydrogens (tertiary/aromatic N) is 1. The summed E-state index contributed by atoms with van der Waals surface area (Å²) in [6.07, 6.45) is 4.04.